The standard InChI is InChI=1S/C19H17F3N2O4/c1-19(12-2-6-15(7-3-12)28-17(21)22)16(25)24(18(26)23-19)10-11-27-14-8-4-13(20)5-9-14/h2-9,17H,10-11H2,1H3,(H,23,26)/t19-/m0/s1. The summed E-state index contributed by atoms with van der Waals surface area (Å²) in [6, 6.07) is 10.2. The fourth-order valence-electron chi connectivity index (χ4n) is 2.85. The van der Waals surface area contributed by atoms with Crippen molar-refractivity contribution in [1.29, 1.82) is 0 Å². The number of carbonyl (C=O) groups is 2. The van der Waals surface area contributed by atoms with Crippen molar-refractivity contribution in [2.24, 2.45) is 0 Å². The van der Waals surface area contributed by atoms with E-state index in [1.807, 2.05) is 0 Å². The Labute approximate surface area is 158 Å². The van der Waals surface area contributed by atoms with E-state index in [4.69, 9.17) is 4.74 Å². The molecule has 1 aliphatic heterocycles. The van der Waals surface area contributed by atoms with Crippen LogP contribution in [0.4, 0.5) is 18.0 Å². The van der Waals surface area contributed by atoms with Gasteiger partial charge in [-0.25, -0.2) is 9.18 Å². The third-order valence-electron chi connectivity index (χ3n) is 4.33. The van der Waals surface area contributed by atoms with Gasteiger partial charge in [-0.3, -0.25) is 9.69 Å². The van der Waals surface area contributed by atoms with Gasteiger partial charge < -0.3 is 14.8 Å². The second-order valence-corrected chi connectivity index (χ2v) is 6.22. The average molecular weight is 394 g/mol. The summed E-state index contributed by atoms with van der Waals surface area (Å²) < 4.78 is 47.1. The molecule has 9 heteroatoms. The van der Waals surface area contributed by atoms with E-state index in [1.54, 1.807) is 0 Å². The number of imide groups is 1. The summed E-state index contributed by atoms with van der Waals surface area (Å²) in [5, 5.41) is 2.61. The molecule has 0 unspecified atom stereocenters. The van der Waals surface area contributed by atoms with Gasteiger partial charge in [-0.1, -0.05) is 12.1 Å². The maximum atomic E-state index is 12.9. The van der Waals surface area contributed by atoms with Gasteiger partial charge in [-0.05, 0) is 48.9 Å². The Kier molecular flexibility index (Phi) is 5.43. The number of nitrogens with one attached hydrogen (secondary N) is 1. The molecule has 2 aromatic carbocycles. The molecule has 3 amide bonds. The first-order valence-electron chi connectivity index (χ1n) is 8.37. The molecule has 2 aromatic rings. The van der Waals surface area contributed by atoms with Crippen LogP contribution in [-0.4, -0.2) is 36.6 Å². The van der Waals surface area contributed by atoms with Crippen LogP contribution < -0.4 is 14.8 Å². The van der Waals surface area contributed by atoms with Crippen molar-refractivity contribution in [3.63, 3.8) is 0 Å². The zero-order chi connectivity index (χ0) is 20.3. The minimum atomic E-state index is -2.95. The lowest BCUT2D eigenvalue weighted by Gasteiger charge is -2.22. The number of ether oxygens (including phenoxy) is 2. The number of hydrogen-bond acceptors (Lipinski definition) is 4. The van der Waals surface area contributed by atoms with E-state index < -0.39 is 29.9 Å². The predicted molar refractivity (Wildman–Crippen MR) is 92.6 cm³/mol. The number of alkyl halides is 2. The predicted octanol–water partition coefficient (Wildman–Crippen LogP) is 3.27. The van der Waals surface area contributed by atoms with Crippen LogP contribution in [0.25, 0.3) is 0 Å². The van der Waals surface area contributed by atoms with Crippen molar-refractivity contribution in [3.05, 3.63) is 59.9 Å². The van der Waals surface area contributed by atoms with Crippen LogP contribution in [0.3, 0.4) is 0 Å². The lowest BCUT2D eigenvalue weighted by Crippen LogP contribution is -2.41. The minimum absolute atomic E-state index is 0.00971. The fraction of sp³-hybridized carbons (Fsp3) is 0.263. The quantitative estimate of drug-likeness (QED) is 0.732. The lowest BCUT2D eigenvalue weighted by molar-refractivity contribution is -0.131. The Morgan fingerprint density at radius 1 is 1.04 bits per heavy atom. The van der Waals surface area contributed by atoms with Crippen LogP contribution in [-0.2, 0) is 10.3 Å². The van der Waals surface area contributed by atoms with Crippen LogP contribution in [0.2, 0.25) is 0 Å². The molecule has 0 aromatic heterocycles. The Hall–Kier alpha value is -3.23. The first-order chi connectivity index (χ1) is 13.3. The van der Waals surface area contributed by atoms with Crippen molar-refractivity contribution in [3.8, 4) is 11.5 Å². The molecule has 148 valence electrons. The van der Waals surface area contributed by atoms with Gasteiger partial charge in [-0.15, -0.1) is 0 Å². The number of carbonyl (C=O) groups excluding carboxylic acids is 2. The Morgan fingerprint density at radius 3 is 2.25 bits per heavy atom. The van der Waals surface area contributed by atoms with E-state index in [-0.39, 0.29) is 18.9 Å². The van der Waals surface area contributed by atoms with Gasteiger partial charge >= 0.3 is 12.6 Å². The molecule has 1 fully saturated rings. The summed E-state index contributed by atoms with van der Waals surface area (Å²) in [5.41, 5.74) is -0.912. The Morgan fingerprint density at radius 2 is 1.64 bits per heavy atom. The highest BCUT2D eigenvalue weighted by Crippen LogP contribution is 2.30. The highest BCUT2D eigenvalue weighted by atomic mass is 19.3. The summed E-state index contributed by atoms with van der Waals surface area (Å²) in [6.07, 6.45) is 0. The monoisotopic (exact) mass is 394 g/mol. The SMILES string of the molecule is C[C@@]1(c2ccc(OC(F)F)cc2)NC(=O)N(CCOc2ccc(F)cc2)C1=O. The number of rotatable bonds is 7. The van der Waals surface area contributed by atoms with E-state index >= 15 is 0 Å². The highest BCUT2D eigenvalue weighted by molar-refractivity contribution is 6.07. The first kappa shape index (κ1) is 19.5. The lowest BCUT2D eigenvalue weighted by atomic mass is 9.92. The van der Waals surface area contributed by atoms with E-state index in [2.05, 4.69) is 10.1 Å². The molecule has 3 rings (SSSR count). The van der Waals surface area contributed by atoms with Gasteiger partial charge in [0.15, 0.2) is 0 Å². The number of urea groups is 1. The van der Waals surface area contributed by atoms with Crippen molar-refractivity contribution < 1.29 is 32.2 Å². The smallest absolute Gasteiger partial charge is 0.387 e. The minimum Gasteiger partial charge on any atom is -0.492 e. The summed E-state index contributed by atoms with van der Waals surface area (Å²) in [6.45, 7) is -1.41. The largest absolute Gasteiger partial charge is 0.492 e. The van der Waals surface area contributed by atoms with Crippen LogP contribution in [0.5, 0.6) is 11.5 Å². The van der Waals surface area contributed by atoms with Crippen molar-refractivity contribution in [1.82, 2.24) is 10.2 Å². The van der Waals surface area contributed by atoms with Gasteiger partial charge in [0, 0.05) is 0 Å². The van der Waals surface area contributed by atoms with E-state index in [0.717, 1.165) is 4.90 Å². The maximum Gasteiger partial charge on any atom is 0.387 e. The molecular weight excluding hydrogens is 377 g/mol. The van der Waals surface area contributed by atoms with Gasteiger partial charge in [0.1, 0.15) is 29.5 Å². The topological polar surface area (TPSA) is 67.9 Å². The summed E-state index contributed by atoms with van der Waals surface area (Å²) >= 11 is 0. The van der Waals surface area contributed by atoms with Gasteiger partial charge in [-0.2, -0.15) is 8.78 Å². The molecule has 1 aliphatic rings. The van der Waals surface area contributed by atoms with Crippen molar-refractivity contribution in [2.75, 3.05) is 13.2 Å². The van der Waals surface area contributed by atoms with Gasteiger partial charge in [0.05, 0.1) is 6.54 Å². The molecule has 0 radical (unpaired) electrons. The normalized spacial score (nSPS) is 19.1. The number of benzene rings is 2. The maximum absolute atomic E-state index is 12.9. The van der Waals surface area contributed by atoms with E-state index in [9.17, 15) is 22.8 Å². The van der Waals surface area contributed by atoms with Crippen LogP contribution >= 0.6 is 0 Å². The molecule has 0 aliphatic carbocycles. The molecule has 0 bridgehead atoms. The third-order valence-corrected chi connectivity index (χ3v) is 4.33. The molecule has 1 atom stereocenters. The second kappa shape index (κ2) is 7.79. The molecular formula is C19H17F3N2O4. The molecule has 1 saturated heterocycles. The number of halogens is 3. The summed E-state index contributed by atoms with van der Waals surface area (Å²) in [4.78, 5) is 26.0. The van der Waals surface area contributed by atoms with Crippen LogP contribution in [0, 0.1) is 5.82 Å². The van der Waals surface area contributed by atoms with Gasteiger partial charge in [0.2, 0.25) is 0 Å². The zero-order valence-electron chi connectivity index (χ0n) is 14.8. The van der Waals surface area contributed by atoms with E-state index in [0.29, 0.717) is 11.3 Å². The number of hydrogen-bond donors (Lipinski definition) is 1. The van der Waals surface area contributed by atoms with E-state index in [1.165, 1.54) is 55.5 Å². The molecule has 0 saturated carbocycles. The average Bonchev–Trinajstić information content (AvgIpc) is 2.87. The molecule has 1 N–H and O–H groups in total. The third kappa shape index (κ3) is 4.03. The summed E-state index contributed by atoms with van der Waals surface area (Å²) in [7, 11) is 0. The fourth-order valence-corrected chi connectivity index (χ4v) is 2.85. The molecule has 6 nitrogen and oxygen atoms in total. The molecule has 1 heterocycles. The number of nitrogens with zero attached hydrogens (tertiary/aromatic N) is 1. The zero-order valence-corrected chi connectivity index (χ0v) is 14.8. The summed E-state index contributed by atoms with van der Waals surface area (Å²) in [5.74, 6) is -0.542. The first-order valence-corrected chi connectivity index (χ1v) is 8.37. The van der Waals surface area contributed by atoms with Gasteiger partial charge in [0.25, 0.3) is 5.91 Å². The second-order valence-electron chi connectivity index (χ2n) is 6.22. The van der Waals surface area contributed by atoms with Crippen molar-refractivity contribution >= 4 is 11.9 Å². The Bertz CT molecular complexity index is 858. The molecule has 28 heavy (non-hydrogen) atoms. The van der Waals surface area contributed by atoms with Crippen LogP contribution in [0.15, 0.2) is 48.5 Å². The van der Waals surface area contributed by atoms with Crippen LogP contribution in [0.1, 0.15) is 12.5 Å². The molecule has 0 spiro atoms. The Balaban J connectivity index is 1.65. The highest BCUT2D eigenvalue weighted by Gasteiger charge is 2.48. The van der Waals surface area contributed by atoms with Crippen molar-refractivity contribution in [2.45, 2.75) is 19.1 Å². The number of amides is 3.